The molecule has 94 valence electrons. The predicted octanol–water partition coefficient (Wildman–Crippen LogP) is 3.29. The van der Waals surface area contributed by atoms with Crippen LogP contribution in [0.4, 0.5) is 0 Å². The van der Waals surface area contributed by atoms with Crippen LogP contribution < -0.4 is 0 Å². The van der Waals surface area contributed by atoms with Crippen molar-refractivity contribution < 1.29 is 9.68 Å². The Hall–Kier alpha value is -0.795. The van der Waals surface area contributed by atoms with Crippen LogP contribution in [0.1, 0.15) is 40.5 Å². The monoisotopic (exact) mass is 234 g/mol. The first kappa shape index (κ1) is 14.3. The highest BCUT2D eigenvalue weighted by molar-refractivity contribution is 6.54. The van der Waals surface area contributed by atoms with Crippen LogP contribution in [0, 0.1) is 5.92 Å². The number of hydrogen-bond donors (Lipinski definition) is 1. The molecule has 1 aliphatic heterocycles. The minimum absolute atomic E-state index is 0.567. The van der Waals surface area contributed by atoms with Gasteiger partial charge in [0.2, 0.25) is 0 Å². The number of allylic oxidation sites excluding steroid dienone is 5. The molecular weight excluding hydrogens is 211 g/mol. The molecule has 2 rings (SSSR count). The van der Waals surface area contributed by atoms with E-state index in [1.54, 1.807) is 0 Å². The molecule has 1 heterocycles. The molecule has 1 saturated heterocycles. The molecule has 0 unspecified atom stereocenters. The Morgan fingerprint density at radius 3 is 2.65 bits per heavy atom. The predicted molar refractivity (Wildman–Crippen MR) is 73.6 cm³/mol. The molecule has 0 bridgehead atoms. The summed E-state index contributed by atoms with van der Waals surface area (Å²) in [7, 11) is -0.729. The standard InChI is InChI=1S/C12H17BO2.C2H6/c1-9(2)10-3-4-11-7-8-15-13(14)12(11)6-5-10;1-2/h4-6,9,14H,3,7-8H2,1-2H3;1-2H3. The Morgan fingerprint density at radius 2 is 2.00 bits per heavy atom. The minimum Gasteiger partial charge on any atom is -0.423 e. The minimum atomic E-state index is -0.729. The molecule has 0 aromatic carbocycles. The molecule has 2 aliphatic rings. The molecule has 0 atom stereocenters. The van der Waals surface area contributed by atoms with Gasteiger partial charge in [0.1, 0.15) is 0 Å². The Labute approximate surface area is 105 Å². The summed E-state index contributed by atoms with van der Waals surface area (Å²) in [6, 6.07) is 0. The zero-order chi connectivity index (χ0) is 12.8. The van der Waals surface area contributed by atoms with Gasteiger partial charge in [0, 0.05) is 6.61 Å². The van der Waals surface area contributed by atoms with Crippen LogP contribution in [0.3, 0.4) is 0 Å². The number of rotatable bonds is 1. The van der Waals surface area contributed by atoms with E-state index in [0.717, 1.165) is 18.3 Å². The maximum absolute atomic E-state index is 9.69. The summed E-state index contributed by atoms with van der Waals surface area (Å²) in [4.78, 5) is 0. The van der Waals surface area contributed by atoms with Crippen LogP contribution >= 0.6 is 0 Å². The van der Waals surface area contributed by atoms with Crippen LogP contribution in [0.15, 0.2) is 34.8 Å². The lowest BCUT2D eigenvalue weighted by molar-refractivity contribution is 0.259. The zero-order valence-corrected chi connectivity index (χ0v) is 11.4. The summed E-state index contributed by atoms with van der Waals surface area (Å²) in [6.45, 7) is 9.02. The molecule has 0 spiro atoms. The highest BCUT2D eigenvalue weighted by Crippen LogP contribution is 2.28. The second kappa shape index (κ2) is 6.82. The molecule has 0 radical (unpaired) electrons. The number of hydrogen-bond acceptors (Lipinski definition) is 2. The van der Waals surface area contributed by atoms with E-state index in [1.807, 2.05) is 19.9 Å². The van der Waals surface area contributed by atoms with E-state index in [1.165, 1.54) is 11.1 Å². The zero-order valence-electron chi connectivity index (χ0n) is 11.4. The Bertz CT molecular complexity index is 340. The molecule has 0 saturated carbocycles. The van der Waals surface area contributed by atoms with Crippen LogP contribution in [0.5, 0.6) is 0 Å². The van der Waals surface area contributed by atoms with Gasteiger partial charge in [0.05, 0.1) is 0 Å². The molecular formula is C14H23BO2. The normalized spacial score (nSPS) is 19.4. The Morgan fingerprint density at radius 1 is 1.29 bits per heavy atom. The van der Waals surface area contributed by atoms with E-state index < -0.39 is 7.12 Å². The van der Waals surface area contributed by atoms with E-state index in [4.69, 9.17) is 4.65 Å². The maximum Gasteiger partial charge on any atom is 0.491 e. The van der Waals surface area contributed by atoms with Gasteiger partial charge in [-0.05, 0) is 29.8 Å². The van der Waals surface area contributed by atoms with E-state index in [0.29, 0.717) is 12.5 Å². The smallest absolute Gasteiger partial charge is 0.423 e. The van der Waals surface area contributed by atoms with Gasteiger partial charge in [-0.2, -0.15) is 0 Å². The van der Waals surface area contributed by atoms with E-state index in [2.05, 4.69) is 26.0 Å². The summed E-state index contributed by atoms with van der Waals surface area (Å²) in [5.41, 5.74) is 3.61. The molecule has 2 nitrogen and oxygen atoms in total. The molecule has 1 N–H and O–H groups in total. The van der Waals surface area contributed by atoms with E-state index in [9.17, 15) is 5.02 Å². The van der Waals surface area contributed by atoms with Gasteiger partial charge in [0.25, 0.3) is 0 Å². The van der Waals surface area contributed by atoms with Crippen molar-refractivity contribution in [1.82, 2.24) is 0 Å². The van der Waals surface area contributed by atoms with Gasteiger partial charge in [-0.25, -0.2) is 0 Å². The summed E-state index contributed by atoms with van der Waals surface area (Å²) >= 11 is 0. The third-order valence-electron chi connectivity index (χ3n) is 3.09. The van der Waals surface area contributed by atoms with Gasteiger partial charge in [-0.3, -0.25) is 0 Å². The number of fused-ring (bicyclic) bond motifs is 1. The Kier molecular flexibility index (Phi) is 5.73. The SMILES string of the molecule is CC.CC(C)C1=CC=C2B(O)OCCC2=CC1. The summed E-state index contributed by atoms with van der Waals surface area (Å²) < 4.78 is 5.22. The summed E-state index contributed by atoms with van der Waals surface area (Å²) in [6.07, 6.45) is 8.29. The molecule has 17 heavy (non-hydrogen) atoms. The van der Waals surface area contributed by atoms with Gasteiger partial charge in [-0.15, -0.1) is 0 Å². The van der Waals surface area contributed by atoms with Crippen LogP contribution in [-0.4, -0.2) is 18.7 Å². The topological polar surface area (TPSA) is 29.5 Å². The fraction of sp³-hybridized carbons (Fsp3) is 0.571. The molecule has 1 fully saturated rings. The van der Waals surface area contributed by atoms with Crippen molar-refractivity contribution >= 4 is 7.12 Å². The first-order chi connectivity index (χ1) is 8.18. The highest BCUT2D eigenvalue weighted by atomic mass is 16.5. The Balaban J connectivity index is 0.000000686. The van der Waals surface area contributed by atoms with Crippen LogP contribution in [0.2, 0.25) is 0 Å². The van der Waals surface area contributed by atoms with E-state index in [-0.39, 0.29) is 0 Å². The second-order valence-corrected chi connectivity index (χ2v) is 4.42. The second-order valence-electron chi connectivity index (χ2n) is 4.42. The van der Waals surface area contributed by atoms with Crippen molar-refractivity contribution in [2.75, 3.05) is 6.61 Å². The quantitative estimate of drug-likeness (QED) is 0.705. The molecule has 0 amide bonds. The van der Waals surface area contributed by atoms with Gasteiger partial charge >= 0.3 is 7.12 Å². The van der Waals surface area contributed by atoms with Gasteiger partial charge in [0.15, 0.2) is 0 Å². The highest BCUT2D eigenvalue weighted by Gasteiger charge is 2.27. The average molecular weight is 234 g/mol. The van der Waals surface area contributed by atoms with Crippen molar-refractivity contribution in [3.8, 4) is 0 Å². The molecule has 0 aromatic rings. The third-order valence-corrected chi connectivity index (χ3v) is 3.09. The maximum atomic E-state index is 9.69. The van der Waals surface area contributed by atoms with Gasteiger partial charge < -0.3 is 9.68 Å². The van der Waals surface area contributed by atoms with Crippen molar-refractivity contribution in [1.29, 1.82) is 0 Å². The molecule has 0 aromatic heterocycles. The lowest BCUT2D eigenvalue weighted by Crippen LogP contribution is -2.28. The average Bonchev–Trinajstić information content (AvgIpc) is 2.55. The van der Waals surface area contributed by atoms with Crippen LogP contribution in [-0.2, 0) is 4.65 Å². The fourth-order valence-corrected chi connectivity index (χ4v) is 2.02. The molecule has 3 heteroatoms. The first-order valence-corrected chi connectivity index (χ1v) is 6.58. The summed E-state index contributed by atoms with van der Waals surface area (Å²) in [5, 5.41) is 9.69. The van der Waals surface area contributed by atoms with Gasteiger partial charge in [-0.1, -0.05) is 51.5 Å². The van der Waals surface area contributed by atoms with E-state index >= 15 is 0 Å². The molecule has 1 aliphatic carbocycles. The van der Waals surface area contributed by atoms with Crippen molar-refractivity contribution in [2.24, 2.45) is 5.92 Å². The first-order valence-electron chi connectivity index (χ1n) is 6.58. The lowest BCUT2D eigenvalue weighted by Gasteiger charge is -2.20. The summed E-state index contributed by atoms with van der Waals surface area (Å²) in [5.74, 6) is 0.567. The van der Waals surface area contributed by atoms with Crippen molar-refractivity contribution in [3.63, 3.8) is 0 Å². The van der Waals surface area contributed by atoms with Crippen LogP contribution in [0.25, 0.3) is 0 Å². The largest absolute Gasteiger partial charge is 0.491 e. The van der Waals surface area contributed by atoms with Crippen molar-refractivity contribution in [2.45, 2.75) is 40.5 Å². The third kappa shape index (κ3) is 3.58. The lowest BCUT2D eigenvalue weighted by atomic mass is 9.71. The van der Waals surface area contributed by atoms with Crippen molar-refractivity contribution in [3.05, 3.63) is 34.8 Å². The fourth-order valence-electron chi connectivity index (χ4n) is 2.02.